The standard InChI is InChI=1S/C16H19N3S/c17-9-1-2-12-3-5-13(6-4-12)19-15-7-10-18-14-8-11-20-16(14)15/h7-8,10-13H,1-6H2,(H,18,19). The Kier molecular flexibility index (Phi) is 4.17. The minimum atomic E-state index is 0.570. The molecule has 20 heavy (non-hydrogen) atoms. The summed E-state index contributed by atoms with van der Waals surface area (Å²) in [5.74, 6) is 0.756. The molecule has 0 amide bonds. The van der Waals surface area contributed by atoms with Gasteiger partial charge in [0.2, 0.25) is 0 Å². The normalized spacial score (nSPS) is 22.6. The van der Waals surface area contributed by atoms with Crippen molar-refractivity contribution in [3.05, 3.63) is 23.7 Å². The number of pyridine rings is 1. The Morgan fingerprint density at radius 2 is 2.15 bits per heavy atom. The van der Waals surface area contributed by atoms with E-state index < -0.39 is 0 Å². The summed E-state index contributed by atoms with van der Waals surface area (Å²) in [6.07, 6.45) is 8.60. The highest BCUT2D eigenvalue weighted by Gasteiger charge is 2.21. The Morgan fingerprint density at radius 3 is 2.95 bits per heavy atom. The lowest BCUT2D eigenvalue weighted by Crippen LogP contribution is -2.26. The third-order valence-electron chi connectivity index (χ3n) is 4.21. The van der Waals surface area contributed by atoms with E-state index >= 15 is 0 Å². The predicted molar refractivity (Wildman–Crippen MR) is 83.8 cm³/mol. The molecule has 0 radical (unpaired) electrons. The monoisotopic (exact) mass is 285 g/mol. The molecular weight excluding hydrogens is 266 g/mol. The molecule has 0 atom stereocenters. The fourth-order valence-corrected chi connectivity index (χ4v) is 3.90. The Balaban J connectivity index is 1.60. The Hall–Kier alpha value is -1.60. The quantitative estimate of drug-likeness (QED) is 0.895. The third kappa shape index (κ3) is 2.94. The average Bonchev–Trinajstić information content (AvgIpc) is 2.96. The van der Waals surface area contributed by atoms with Crippen LogP contribution in [0.5, 0.6) is 0 Å². The van der Waals surface area contributed by atoms with Gasteiger partial charge in [0.05, 0.1) is 22.0 Å². The lowest BCUT2D eigenvalue weighted by Gasteiger charge is -2.29. The largest absolute Gasteiger partial charge is 0.381 e. The van der Waals surface area contributed by atoms with E-state index in [0.29, 0.717) is 12.5 Å². The van der Waals surface area contributed by atoms with Crippen molar-refractivity contribution in [3.63, 3.8) is 0 Å². The summed E-state index contributed by atoms with van der Waals surface area (Å²) < 4.78 is 1.26. The summed E-state index contributed by atoms with van der Waals surface area (Å²) in [7, 11) is 0. The second-order valence-corrected chi connectivity index (χ2v) is 6.47. The van der Waals surface area contributed by atoms with Crippen molar-refractivity contribution in [3.8, 4) is 6.07 Å². The number of hydrogen-bond acceptors (Lipinski definition) is 4. The molecule has 1 aliphatic carbocycles. The highest BCUT2D eigenvalue weighted by molar-refractivity contribution is 7.17. The van der Waals surface area contributed by atoms with Gasteiger partial charge in [0.1, 0.15) is 0 Å². The van der Waals surface area contributed by atoms with Gasteiger partial charge in [-0.25, -0.2) is 0 Å². The van der Waals surface area contributed by atoms with Gasteiger partial charge in [-0.3, -0.25) is 4.98 Å². The number of nitriles is 1. The van der Waals surface area contributed by atoms with Crippen molar-refractivity contribution in [2.75, 3.05) is 5.32 Å². The maximum Gasteiger partial charge on any atom is 0.0830 e. The molecule has 4 heteroatoms. The van der Waals surface area contributed by atoms with Gasteiger partial charge in [0.15, 0.2) is 0 Å². The first-order valence-corrected chi connectivity index (χ1v) is 8.20. The van der Waals surface area contributed by atoms with Gasteiger partial charge < -0.3 is 5.32 Å². The van der Waals surface area contributed by atoms with E-state index in [1.54, 1.807) is 11.3 Å². The number of aromatic nitrogens is 1. The van der Waals surface area contributed by atoms with E-state index in [4.69, 9.17) is 5.26 Å². The molecule has 1 N–H and O–H groups in total. The fourth-order valence-electron chi connectivity index (χ4n) is 3.07. The topological polar surface area (TPSA) is 48.7 Å². The number of fused-ring (bicyclic) bond motifs is 1. The molecule has 3 nitrogen and oxygen atoms in total. The molecule has 1 fully saturated rings. The van der Waals surface area contributed by atoms with Crippen LogP contribution in [0.3, 0.4) is 0 Å². The lowest BCUT2D eigenvalue weighted by atomic mass is 9.83. The molecule has 0 unspecified atom stereocenters. The van der Waals surface area contributed by atoms with Crippen LogP contribution in [0.1, 0.15) is 38.5 Å². The van der Waals surface area contributed by atoms with Gasteiger partial charge in [-0.05, 0) is 55.5 Å². The van der Waals surface area contributed by atoms with Crippen molar-refractivity contribution in [1.29, 1.82) is 5.26 Å². The Bertz CT molecular complexity index is 605. The zero-order chi connectivity index (χ0) is 13.8. The molecule has 1 saturated carbocycles. The molecule has 0 saturated heterocycles. The number of nitrogens with one attached hydrogen (secondary N) is 1. The van der Waals surface area contributed by atoms with Crippen LogP contribution in [0, 0.1) is 17.2 Å². The highest BCUT2D eigenvalue weighted by atomic mass is 32.1. The second-order valence-electron chi connectivity index (χ2n) is 5.55. The molecule has 0 aliphatic heterocycles. The summed E-state index contributed by atoms with van der Waals surface area (Å²) in [5, 5.41) is 14.4. The van der Waals surface area contributed by atoms with Crippen LogP contribution in [0.25, 0.3) is 10.2 Å². The van der Waals surface area contributed by atoms with Gasteiger partial charge in [-0.1, -0.05) is 0 Å². The molecule has 104 valence electrons. The molecule has 3 rings (SSSR count). The highest BCUT2D eigenvalue weighted by Crippen LogP contribution is 2.32. The van der Waals surface area contributed by atoms with E-state index in [0.717, 1.165) is 17.9 Å². The van der Waals surface area contributed by atoms with E-state index in [9.17, 15) is 0 Å². The minimum Gasteiger partial charge on any atom is -0.381 e. The number of thiophene rings is 1. The first-order valence-electron chi connectivity index (χ1n) is 7.32. The molecule has 0 aromatic carbocycles. The second kappa shape index (κ2) is 6.23. The van der Waals surface area contributed by atoms with Crippen LogP contribution in [0.15, 0.2) is 23.7 Å². The fraction of sp³-hybridized carbons (Fsp3) is 0.500. The molecule has 2 heterocycles. The van der Waals surface area contributed by atoms with Gasteiger partial charge in [0, 0.05) is 18.7 Å². The number of nitrogens with zero attached hydrogens (tertiary/aromatic N) is 2. The van der Waals surface area contributed by atoms with Crippen LogP contribution in [-0.4, -0.2) is 11.0 Å². The molecule has 1 aliphatic rings. The van der Waals surface area contributed by atoms with Crippen molar-refractivity contribution < 1.29 is 0 Å². The van der Waals surface area contributed by atoms with E-state index in [1.807, 2.05) is 6.20 Å². The van der Waals surface area contributed by atoms with Gasteiger partial charge in [-0.15, -0.1) is 11.3 Å². The molecular formula is C16H19N3S. The van der Waals surface area contributed by atoms with Crippen molar-refractivity contribution in [2.24, 2.45) is 5.92 Å². The summed E-state index contributed by atoms with van der Waals surface area (Å²) >= 11 is 1.75. The van der Waals surface area contributed by atoms with Crippen LogP contribution in [-0.2, 0) is 0 Å². The van der Waals surface area contributed by atoms with Gasteiger partial charge >= 0.3 is 0 Å². The van der Waals surface area contributed by atoms with Crippen molar-refractivity contribution >= 4 is 27.2 Å². The Labute approximate surface area is 123 Å². The number of anilines is 1. The molecule has 0 bridgehead atoms. The van der Waals surface area contributed by atoms with Gasteiger partial charge in [0.25, 0.3) is 0 Å². The van der Waals surface area contributed by atoms with Crippen LogP contribution in [0.4, 0.5) is 5.69 Å². The number of rotatable bonds is 4. The zero-order valence-corrected chi connectivity index (χ0v) is 12.3. The van der Waals surface area contributed by atoms with Crippen LogP contribution < -0.4 is 5.32 Å². The first-order chi connectivity index (χ1) is 9.86. The van der Waals surface area contributed by atoms with E-state index in [2.05, 4.69) is 33.9 Å². The van der Waals surface area contributed by atoms with E-state index in [-0.39, 0.29) is 0 Å². The van der Waals surface area contributed by atoms with E-state index in [1.165, 1.54) is 36.1 Å². The molecule has 2 aromatic heterocycles. The average molecular weight is 285 g/mol. The Morgan fingerprint density at radius 1 is 1.30 bits per heavy atom. The third-order valence-corrected chi connectivity index (χ3v) is 5.15. The summed E-state index contributed by atoms with van der Waals surface area (Å²) in [6.45, 7) is 0. The molecule has 0 spiro atoms. The SMILES string of the molecule is N#CCCC1CCC(Nc2ccnc3ccsc23)CC1. The summed E-state index contributed by atoms with van der Waals surface area (Å²) in [4.78, 5) is 4.38. The zero-order valence-electron chi connectivity index (χ0n) is 11.5. The maximum atomic E-state index is 8.66. The minimum absolute atomic E-state index is 0.570. The predicted octanol–water partition coefficient (Wildman–Crippen LogP) is 4.57. The van der Waals surface area contributed by atoms with Crippen molar-refractivity contribution in [2.45, 2.75) is 44.6 Å². The summed E-state index contributed by atoms with van der Waals surface area (Å²) in [5.41, 5.74) is 2.31. The molecule has 2 aromatic rings. The first kappa shape index (κ1) is 13.4. The van der Waals surface area contributed by atoms with Gasteiger partial charge in [-0.2, -0.15) is 5.26 Å². The maximum absolute atomic E-state index is 8.66. The van der Waals surface area contributed by atoms with Crippen molar-refractivity contribution in [1.82, 2.24) is 4.98 Å². The van der Waals surface area contributed by atoms with Crippen LogP contribution >= 0.6 is 11.3 Å². The smallest absolute Gasteiger partial charge is 0.0830 e. The van der Waals surface area contributed by atoms with Crippen LogP contribution in [0.2, 0.25) is 0 Å². The lowest BCUT2D eigenvalue weighted by molar-refractivity contribution is 0.323. The number of hydrogen-bond donors (Lipinski definition) is 1. The summed E-state index contributed by atoms with van der Waals surface area (Å²) in [6, 6.07) is 6.99.